The highest BCUT2D eigenvalue weighted by Crippen LogP contribution is 2.37. The van der Waals surface area contributed by atoms with Crippen LogP contribution in [0.5, 0.6) is 0 Å². The van der Waals surface area contributed by atoms with Gasteiger partial charge in [-0.25, -0.2) is 12.7 Å². The molecule has 134 valence electrons. The Morgan fingerprint density at radius 1 is 1.28 bits per heavy atom. The van der Waals surface area contributed by atoms with Crippen LogP contribution in [0.1, 0.15) is 25.3 Å². The Labute approximate surface area is 151 Å². The SMILES string of the molecule is CCS(=O)(=O)N1CCC(C(=O)Nc2nncs2)(c2ccccc2)CC1. The van der Waals surface area contributed by atoms with Gasteiger partial charge in [-0.2, -0.15) is 0 Å². The monoisotopic (exact) mass is 380 g/mol. The largest absolute Gasteiger partial charge is 0.300 e. The van der Waals surface area contributed by atoms with E-state index in [1.165, 1.54) is 15.6 Å². The van der Waals surface area contributed by atoms with Gasteiger partial charge in [-0.05, 0) is 25.3 Å². The van der Waals surface area contributed by atoms with Crippen molar-refractivity contribution in [2.24, 2.45) is 0 Å². The van der Waals surface area contributed by atoms with Gasteiger partial charge in [-0.1, -0.05) is 41.7 Å². The average molecular weight is 380 g/mol. The molecule has 0 bridgehead atoms. The highest BCUT2D eigenvalue weighted by atomic mass is 32.2. The molecule has 1 N–H and O–H groups in total. The molecule has 1 aliphatic rings. The van der Waals surface area contributed by atoms with Gasteiger partial charge in [-0.3, -0.25) is 10.1 Å². The van der Waals surface area contributed by atoms with E-state index in [9.17, 15) is 13.2 Å². The fraction of sp³-hybridized carbons (Fsp3) is 0.438. The average Bonchev–Trinajstić information content (AvgIpc) is 3.15. The lowest BCUT2D eigenvalue weighted by Gasteiger charge is -2.40. The first-order valence-corrected chi connectivity index (χ1v) is 10.6. The number of benzene rings is 1. The third-order valence-electron chi connectivity index (χ3n) is 4.68. The first-order chi connectivity index (χ1) is 12.0. The van der Waals surface area contributed by atoms with E-state index in [2.05, 4.69) is 15.5 Å². The predicted octanol–water partition coefficient (Wildman–Crippen LogP) is 1.86. The quantitative estimate of drug-likeness (QED) is 0.855. The molecular weight excluding hydrogens is 360 g/mol. The molecule has 1 aliphatic heterocycles. The maximum atomic E-state index is 13.1. The standard InChI is InChI=1S/C16H20N4O3S2/c1-2-25(22,23)20-10-8-16(9-11-20,13-6-4-3-5-7-13)14(21)18-15-19-17-12-24-15/h3-7,12H,2,8-11H2,1H3,(H,18,19,21). The van der Waals surface area contributed by atoms with Crippen molar-refractivity contribution in [3.05, 3.63) is 41.4 Å². The van der Waals surface area contributed by atoms with Crippen molar-refractivity contribution in [2.45, 2.75) is 25.2 Å². The maximum Gasteiger partial charge on any atom is 0.236 e. The van der Waals surface area contributed by atoms with Crippen molar-refractivity contribution < 1.29 is 13.2 Å². The van der Waals surface area contributed by atoms with Crippen molar-refractivity contribution in [1.29, 1.82) is 0 Å². The number of aromatic nitrogens is 2. The number of nitrogens with one attached hydrogen (secondary N) is 1. The van der Waals surface area contributed by atoms with Crippen LogP contribution in [0, 0.1) is 0 Å². The number of hydrogen-bond acceptors (Lipinski definition) is 6. The number of nitrogens with zero attached hydrogens (tertiary/aromatic N) is 3. The Balaban J connectivity index is 1.89. The summed E-state index contributed by atoms with van der Waals surface area (Å²) in [6, 6.07) is 9.53. The fourth-order valence-corrected chi connectivity index (χ4v) is 4.72. The molecular formula is C16H20N4O3S2. The Hall–Kier alpha value is -1.84. The Kier molecular flexibility index (Phi) is 5.16. The van der Waals surface area contributed by atoms with Crippen LogP contribution in [0.3, 0.4) is 0 Å². The molecule has 0 aliphatic carbocycles. The molecule has 3 rings (SSSR count). The topological polar surface area (TPSA) is 92.3 Å². The molecule has 1 fully saturated rings. The highest BCUT2D eigenvalue weighted by Gasteiger charge is 2.44. The van der Waals surface area contributed by atoms with Crippen LogP contribution in [0.4, 0.5) is 5.13 Å². The second kappa shape index (κ2) is 7.19. The van der Waals surface area contributed by atoms with Gasteiger partial charge in [-0.15, -0.1) is 10.2 Å². The molecule has 1 amide bonds. The number of rotatable bonds is 5. The number of piperidine rings is 1. The lowest BCUT2D eigenvalue weighted by Crippen LogP contribution is -2.51. The fourth-order valence-electron chi connectivity index (χ4n) is 3.18. The summed E-state index contributed by atoms with van der Waals surface area (Å²) < 4.78 is 25.8. The van der Waals surface area contributed by atoms with Gasteiger partial charge >= 0.3 is 0 Å². The van der Waals surface area contributed by atoms with E-state index >= 15 is 0 Å². The summed E-state index contributed by atoms with van der Waals surface area (Å²) in [5.74, 6) is -0.0912. The van der Waals surface area contributed by atoms with Crippen LogP contribution >= 0.6 is 11.3 Å². The highest BCUT2D eigenvalue weighted by molar-refractivity contribution is 7.89. The first kappa shape index (κ1) is 18.0. The zero-order chi connectivity index (χ0) is 17.9. The maximum absolute atomic E-state index is 13.1. The predicted molar refractivity (Wildman–Crippen MR) is 96.9 cm³/mol. The van der Waals surface area contributed by atoms with Crippen LogP contribution in [0.15, 0.2) is 35.8 Å². The smallest absolute Gasteiger partial charge is 0.236 e. The molecule has 0 atom stereocenters. The number of carbonyl (C=O) groups excluding carboxylic acids is 1. The number of sulfonamides is 1. The van der Waals surface area contributed by atoms with E-state index in [0.717, 1.165) is 5.56 Å². The van der Waals surface area contributed by atoms with Crippen LogP contribution < -0.4 is 5.32 Å². The molecule has 0 spiro atoms. The van der Waals surface area contributed by atoms with E-state index in [1.54, 1.807) is 12.4 Å². The first-order valence-electron chi connectivity index (χ1n) is 8.09. The minimum absolute atomic E-state index is 0.0717. The molecule has 7 nitrogen and oxygen atoms in total. The van der Waals surface area contributed by atoms with Crippen molar-refractivity contribution in [2.75, 3.05) is 24.2 Å². The van der Waals surface area contributed by atoms with Gasteiger partial charge < -0.3 is 0 Å². The molecule has 1 aromatic carbocycles. The molecule has 1 saturated heterocycles. The normalized spacial score (nSPS) is 18.0. The Morgan fingerprint density at radius 3 is 2.52 bits per heavy atom. The van der Waals surface area contributed by atoms with Crippen LogP contribution in [0.25, 0.3) is 0 Å². The van der Waals surface area contributed by atoms with E-state index in [0.29, 0.717) is 31.1 Å². The van der Waals surface area contributed by atoms with Crippen molar-refractivity contribution >= 4 is 32.4 Å². The summed E-state index contributed by atoms with van der Waals surface area (Å²) in [5.41, 5.74) is 1.68. The Morgan fingerprint density at radius 2 is 1.96 bits per heavy atom. The third-order valence-corrected chi connectivity index (χ3v) is 7.16. The van der Waals surface area contributed by atoms with Gasteiger partial charge in [0.25, 0.3) is 0 Å². The lowest BCUT2D eigenvalue weighted by molar-refractivity contribution is -0.123. The van der Waals surface area contributed by atoms with Crippen molar-refractivity contribution in [3.8, 4) is 0 Å². The summed E-state index contributed by atoms with van der Waals surface area (Å²) in [6.07, 6.45) is 0.863. The number of hydrogen-bond donors (Lipinski definition) is 1. The van der Waals surface area contributed by atoms with Crippen LogP contribution in [-0.2, 0) is 20.2 Å². The van der Waals surface area contributed by atoms with Crippen LogP contribution in [0.2, 0.25) is 0 Å². The van der Waals surface area contributed by atoms with Crippen molar-refractivity contribution in [3.63, 3.8) is 0 Å². The second-order valence-electron chi connectivity index (χ2n) is 5.95. The minimum atomic E-state index is -3.25. The van der Waals surface area contributed by atoms with Crippen LogP contribution in [-0.4, -0.2) is 47.7 Å². The van der Waals surface area contributed by atoms with E-state index in [1.807, 2.05) is 30.3 Å². The molecule has 1 aromatic heterocycles. The zero-order valence-corrected chi connectivity index (χ0v) is 15.5. The molecule has 9 heteroatoms. The summed E-state index contributed by atoms with van der Waals surface area (Å²) in [5, 5.41) is 10.9. The molecule has 2 aromatic rings. The Bertz CT molecular complexity index is 814. The molecule has 2 heterocycles. The summed E-state index contributed by atoms with van der Waals surface area (Å²) in [7, 11) is -3.25. The lowest BCUT2D eigenvalue weighted by atomic mass is 9.72. The molecule has 0 saturated carbocycles. The molecule has 0 radical (unpaired) electrons. The molecule has 0 unspecified atom stereocenters. The van der Waals surface area contributed by atoms with E-state index in [-0.39, 0.29) is 11.7 Å². The van der Waals surface area contributed by atoms with E-state index in [4.69, 9.17) is 0 Å². The minimum Gasteiger partial charge on any atom is -0.300 e. The zero-order valence-electron chi connectivity index (χ0n) is 13.9. The van der Waals surface area contributed by atoms with E-state index < -0.39 is 15.4 Å². The van der Waals surface area contributed by atoms with Gasteiger partial charge in [0.05, 0.1) is 11.2 Å². The number of carbonyl (C=O) groups is 1. The number of anilines is 1. The van der Waals surface area contributed by atoms with Gasteiger partial charge in [0.2, 0.25) is 21.1 Å². The van der Waals surface area contributed by atoms with Gasteiger partial charge in [0.1, 0.15) is 5.51 Å². The summed E-state index contributed by atoms with van der Waals surface area (Å²) in [6.45, 7) is 2.29. The molecule has 25 heavy (non-hydrogen) atoms. The van der Waals surface area contributed by atoms with Gasteiger partial charge in [0, 0.05) is 13.1 Å². The number of amides is 1. The summed E-state index contributed by atoms with van der Waals surface area (Å²) in [4.78, 5) is 13.1. The van der Waals surface area contributed by atoms with Crippen molar-refractivity contribution in [1.82, 2.24) is 14.5 Å². The second-order valence-corrected chi connectivity index (χ2v) is 9.04. The summed E-state index contributed by atoms with van der Waals surface area (Å²) >= 11 is 1.26. The van der Waals surface area contributed by atoms with Gasteiger partial charge in [0.15, 0.2) is 0 Å². The third kappa shape index (κ3) is 3.58.